The van der Waals surface area contributed by atoms with Crippen molar-refractivity contribution in [2.75, 3.05) is 12.5 Å². The van der Waals surface area contributed by atoms with Gasteiger partial charge >= 0.3 is 5.69 Å². The highest BCUT2D eigenvalue weighted by Crippen LogP contribution is 2.24. The molecular formula is C10H12N8O3. The number of aromatic nitrogens is 4. The van der Waals surface area contributed by atoms with Gasteiger partial charge in [-0.3, -0.25) is 20.3 Å². The van der Waals surface area contributed by atoms with Crippen LogP contribution in [0.15, 0.2) is 12.3 Å². The molecule has 0 bridgehead atoms. The predicted octanol–water partition coefficient (Wildman–Crippen LogP) is -0.476. The molecule has 0 saturated carbocycles. The van der Waals surface area contributed by atoms with Crippen LogP contribution in [0.25, 0.3) is 5.82 Å². The molecule has 0 atom stereocenters. The zero-order valence-corrected chi connectivity index (χ0v) is 11.2. The van der Waals surface area contributed by atoms with E-state index in [1.807, 2.05) is 0 Å². The summed E-state index contributed by atoms with van der Waals surface area (Å²) in [7, 11) is 1.45. The van der Waals surface area contributed by atoms with Gasteiger partial charge in [-0.05, 0) is 13.0 Å². The third kappa shape index (κ3) is 2.62. The zero-order chi connectivity index (χ0) is 15.6. The van der Waals surface area contributed by atoms with Crippen molar-refractivity contribution in [1.82, 2.24) is 25.1 Å². The van der Waals surface area contributed by atoms with E-state index in [-0.39, 0.29) is 28.8 Å². The summed E-state index contributed by atoms with van der Waals surface area (Å²) in [4.78, 5) is 29.8. The van der Waals surface area contributed by atoms with Crippen LogP contribution in [0.3, 0.4) is 0 Å². The van der Waals surface area contributed by atoms with Crippen molar-refractivity contribution in [2.24, 2.45) is 5.84 Å². The average Bonchev–Trinajstić information content (AvgIpc) is 2.94. The minimum absolute atomic E-state index is 0.00472. The van der Waals surface area contributed by atoms with Crippen molar-refractivity contribution in [3.8, 4) is 5.82 Å². The van der Waals surface area contributed by atoms with Crippen LogP contribution in [0.5, 0.6) is 0 Å². The minimum Gasteiger partial charge on any atom is -0.354 e. The molecule has 11 heteroatoms. The molecule has 11 nitrogen and oxygen atoms in total. The summed E-state index contributed by atoms with van der Waals surface area (Å²) < 4.78 is 1.12. The van der Waals surface area contributed by atoms with Crippen molar-refractivity contribution in [2.45, 2.75) is 6.92 Å². The SMILES string of the molecule is CNC(=O)c1ccn(-c2nc(NN)nc(C)c2[N+](=O)[O-])n1. The first-order valence-electron chi connectivity index (χ1n) is 5.75. The zero-order valence-electron chi connectivity index (χ0n) is 11.2. The van der Waals surface area contributed by atoms with E-state index in [2.05, 4.69) is 25.8 Å². The Labute approximate surface area is 118 Å². The molecule has 0 aliphatic carbocycles. The van der Waals surface area contributed by atoms with E-state index in [9.17, 15) is 14.9 Å². The largest absolute Gasteiger partial charge is 0.354 e. The molecule has 0 aliphatic rings. The maximum Gasteiger partial charge on any atom is 0.334 e. The summed E-state index contributed by atoms with van der Waals surface area (Å²) in [5.41, 5.74) is 2.12. The average molecular weight is 292 g/mol. The molecule has 0 unspecified atom stereocenters. The molecule has 2 aromatic rings. The lowest BCUT2D eigenvalue weighted by Crippen LogP contribution is -2.19. The normalized spacial score (nSPS) is 10.2. The summed E-state index contributed by atoms with van der Waals surface area (Å²) >= 11 is 0. The van der Waals surface area contributed by atoms with E-state index in [4.69, 9.17) is 5.84 Å². The molecule has 110 valence electrons. The van der Waals surface area contributed by atoms with Gasteiger partial charge in [-0.25, -0.2) is 15.5 Å². The van der Waals surface area contributed by atoms with Crippen LogP contribution in [-0.2, 0) is 0 Å². The maximum absolute atomic E-state index is 11.5. The molecule has 1 amide bonds. The van der Waals surface area contributed by atoms with Crippen molar-refractivity contribution in [3.05, 3.63) is 33.8 Å². The second kappa shape index (κ2) is 5.50. The van der Waals surface area contributed by atoms with Crippen LogP contribution in [0.4, 0.5) is 11.6 Å². The van der Waals surface area contributed by atoms with Gasteiger partial charge in [0.2, 0.25) is 11.8 Å². The van der Waals surface area contributed by atoms with E-state index >= 15 is 0 Å². The van der Waals surface area contributed by atoms with Gasteiger partial charge in [0.25, 0.3) is 5.91 Å². The second-order valence-electron chi connectivity index (χ2n) is 3.93. The molecule has 2 heterocycles. The number of carbonyl (C=O) groups excluding carboxylic acids is 1. The highest BCUT2D eigenvalue weighted by Gasteiger charge is 2.24. The number of amides is 1. The summed E-state index contributed by atoms with van der Waals surface area (Å²) in [6.07, 6.45) is 1.39. The van der Waals surface area contributed by atoms with Crippen molar-refractivity contribution in [1.29, 1.82) is 0 Å². The van der Waals surface area contributed by atoms with E-state index in [0.717, 1.165) is 4.68 Å². The Bertz CT molecular complexity index is 710. The van der Waals surface area contributed by atoms with Gasteiger partial charge in [0, 0.05) is 13.2 Å². The number of rotatable bonds is 4. The molecule has 0 fully saturated rings. The minimum atomic E-state index is -0.619. The molecule has 4 N–H and O–H groups in total. The number of anilines is 1. The predicted molar refractivity (Wildman–Crippen MR) is 71.7 cm³/mol. The summed E-state index contributed by atoms with van der Waals surface area (Å²) in [5, 5.41) is 17.5. The van der Waals surface area contributed by atoms with Gasteiger partial charge < -0.3 is 5.32 Å². The number of nitrogens with zero attached hydrogens (tertiary/aromatic N) is 5. The summed E-state index contributed by atoms with van der Waals surface area (Å²) in [5.74, 6) is 4.73. The first-order chi connectivity index (χ1) is 9.97. The van der Waals surface area contributed by atoms with Crippen LogP contribution in [0.1, 0.15) is 16.2 Å². The number of nitro groups is 1. The van der Waals surface area contributed by atoms with Gasteiger partial charge in [0.15, 0.2) is 5.69 Å². The Morgan fingerprint density at radius 3 is 2.76 bits per heavy atom. The molecule has 0 saturated heterocycles. The van der Waals surface area contributed by atoms with Crippen LogP contribution >= 0.6 is 0 Å². The Hall–Kier alpha value is -3.08. The Balaban J connectivity index is 2.61. The highest BCUT2D eigenvalue weighted by atomic mass is 16.6. The summed E-state index contributed by atoms with van der Waals surface area (Å²) in [6, 6.07) is 1.41. The molecule has 2 rings (SSSR count). The van der Waals surface area contributed by atoms with Gasteiger partial charge in [0.05, 0.1) is 4.92 Å². The lowest BCUT2D eigenvalue weighted by Gasteiger charge is -2.06. The van der Waals surface area contributed by atoms with Crippen molar-refractivity contribution >= 4 is 17.5 Å². The quantitative estimate of drug-likeness (QED) is 0.388. The highest BCUT2D eigenvalue weighted by molar-refractivity contribution is 5.91. The van der Waals surface area contributed by atoms with Crippen LogP contribution in [-0.4, -0.2) is 37.6 Å². The maximum atomic E-state index is 11.5. The van der Waals surface area contributed by atoms with Gasteiger partial charge in [0.1, 0.15) is 5.69 Å². The molecule has 21 heavy (non-hydrogen) atoms. The second-order valence-corrected chi connectivity index (χ2v) is 3.93. The van der Waals surface area contributed by atoms with Gasteiger partial charge in [-0.1, -0.05) is 0 Å². The third-order valence-corrected chi connectivity index (χ3v) is 2.62. The monoisotopic (exact) mass is 292 g/mol. The van der Waals surface area contributed by atoms with Crippen molar-refractivity contribution < 1.29 is 9.72 Å². The fourth-order valence-electron chi connectivity index (χ4n) is 1.68. The number of nitrogen functional groups attached to an aromatic ring is 1. The fourth-order valence-corrected chi connectivity index (χ4v) is 1.68. The topological polar surface area (TPSA) is 154 Å². The lowest BCUT2D eigenvalue weighted by molar-refractivity contribution is -0.385. The smallest absolute Gasteiger partial charge is 0.334 e. The molecular weight excluding hydrogens is 280 g/mol. The number of hydrazine groups is 1. The molecule has 0 radical (unpaired) electrons. The van der Waals surface area contributed by atoms with Crippen molar-refractivity contribution in [3.63, 3.8) is 0 Å². The number of hydrogen-bond acceptors (Lipinski definition) is 8. The summed E-state index contributed by atoms with van der Waals surface area (Å²) in [6.45, 7) is 1.45. The lowest BCUT2D eigenvalue weighted by atomic mass is 10.3. The molecule has 0 spiro atoms. The van der Waals surface area contributed by atoms with E-state index < -0.39 is 10.8 Å². The first kappa shape index (κ1) is 14.3. The standard InChI is InChI=1S/C10H12N8O3/c1-5-7(18(20)21)8(14-10(13-5)15-11)17-4-3-6(16-17)9(19)12-2/h3-4H,11H2,1-2H3,(H,12,19)(H,13,14,15). The van der Waals surface area contributed by atoms with Gasteiger partial charge in [-0.15, -0.1) is 0 Å². The number of hydrogen-bond donors (Lipinski definition) is 3. The van der Waals surface area contributed by atoms with Crippen LogP contribution < -0.4 is 16.6 Å². The van der Waals surface area contributed by atoms with Gasteiger partial charge in [-0.2, -0.15) is 10.1 Å². The van der Waals surface area contributed by atoms with Crippen LogP contribution in [0.2, 0.25) is 0 Å². The number of carbonyl (C=O) groups is 1. The first-order valence-corrected chi connectivity index (χ1v) is 5.75. The fraction of sp³-hybridized carbons (Fsp3) is 0.200. The molecule has 0 aliphatic heterocycles. The molecule has 0 aromatic carbocycles. The number of aryl methyl sites for hydroxylation is 1. The van der Waals surface area contributed by atoms with E-state index in [0.29, 0.717) is 0 Å². The molecule has 2 aromatic heterocycles. The Kier molecular flexibility index (Phi) is 3.75. The number of nitrogens with one attached hydrogen (secondary N) is 2. The Morgan fingerprint density at radius 2 is 2.19 bits per heavy atom. The van der Waals surface area contributed by atoms with E-state index in [1.54, 1.807) is 0 Å². The Morgan fingerprint density at radius 1 is 1.48 bits per heavy atom. The van der Waals surface area contributed by atoms with Crippen LogP contribution in [0, 0.1) is 17.0 Å². The number of nitrogens with two attached hydrogens (primary N) is 1. The third-order valence-electron chi connectivity index (χ3n) is 2.62. The van der Waals surface area contributed by atoms with E-state index in [1.165, 1.54) is 26.2 Å².